The Balaban J connectivity index is 2.52. The third kappa shape index (κ3) is 5.79. The molecule has 1 unspecified atom stereocenters. The molecule has 0 bridgehead atoms. The van der Waals surface area contributed by atoms with Gasteiger partial charge >= 0.3 is 5.69 Å². The Hall–Kier alpha value is -1.05. The SMILES string of the molecule is CC(O)[C@]1(CO[Si](C)(C)C(C)(C)C)O[C@@H](n2ccc(=O)[nH]c2=O)C[C@@H]1O[Si](C)(C)C(C)(C)C. The highest BCUT2D eigenvalue weighted by Gasteiger charge is 2.57. The van der Waals surface area contributed by atoms with E-state index in [9.17, 15) is 14.7 Å². The average Bonchev–Trinajstić information content (AvgIpc) is 2.97. The van der Waals surface area contributed by atoms with E-state index in [1.54, 1.807) is 6.92 Å². The summed E-state index contributed by atoms with van der Waals surface area (Å²) in [6.07, 6.45) is -0.277. The smallest absolute Gasteiger partial charge is 0.330 e. The van der Waals surface area contributed by atoms with Gasteiger partial charge in [-0.3, -0.25) is 14.3 Å². The number of ether oxygens (including phenoxy) is 1. The zero-order valence-electron chi connectivity index (χ0n) is 22.2. The molecule has 0 saturated carbocycles. The fourth-order valence-electron chi connectivity index (χ4n) is 3.39. The highest BCUT2D eigenvalue weighted by molar-refractivity contribution is 6.74. The van der Waals surface area contributed by atoms with Gasteiger partial charge in [-0.05, 0) is 43.2 Å². The van der Waals surface area contributed by atoms with E-state index in [1.807, 2.05) is 0 Å². The molecule has 1 aromatic heterocycles. The Morgan fingerprint density at radius 2 is 1.70 bits per heavy atom. The summed E-state index contributed by atoms with van der Waals surface area (Å²) in [5.74, 6) is 0. The van der Waals surface area contributed by atoms with Crippen LogP contribution in [0.3, 0.4) is 0 Å². The van der Waals surface area contributed by atoms with Crippen LogP contribution >= 0.6 is 0 Å². The number of nitrogens with zero attached hydrogens (tertiary/aromatic N) is 1. The quantitative estimate of drug-likeness (QED) is 0.549. The summed E-state index contributed by atoms with van der Waals surface area (Å²) in [7, 11) is -4.41. The van der Waals surface area contributed by atoms with Gasteiger partial charge in [-0.1, -0.05) is 41.5 Å². The normalized spacial score (nSPS) is 25.9. The van der Waals surface area contributed by atoms with Crippen molar-refractivity contribution in [3.63, 3.8) is 0 Å². The van der Waals surface area contributed by atoms with Crippen molar-refractivity contribution >= 4 is 16.6 Å². The summed E-state index contributed by atoms with van der Waals surface area (Å²) < 4.78 is 21.2. The maximum atomic E-state index is 12.5. The van der Waals surface area contributed by atoms with Crippen LogP contribution in [0.4, 0.5) is 0 Å². The van der Waals surface area contributed by atoms with Gasteiger partial charge in [0.15, 0.2) is 16.6 Å². The van der Waals surface area contributed by atoms with Gasteiger partial charge < -0.3 is 18.7 Å². The van der Waals surface area contributed by atoms with E-state index in [0.29, 0.717) is 6.42 Å². The van der Waals surface area contributed by atoms with Crippen LogP contribution in [-0.4, -0.2) is 55.7 Å². The lowest BCUT2D eigenvalue weighted by Gasteiger charge is -2.46. The minimum absolute atomic E-state index is 0.0173. The van der Waals surface area contributed by atoms with E-state index in [1.165, 1.54) is 16.8 Å². The van der Waals surface area contributed by atoms with Crippen molar-refractivity contribution in [2.24, 2.45) is 0 Å². The van der Waals surface area contributed by atoms with E-state index in [2.05, 4.69) is 72.7 Å². The number of rotatable bonds is 7. The first-order valence-electron chi connectivity index (χ1n) is 11.7. The first-order chi connectivity index (χ1) is 14.7. The van der Waals surface area contributed by atoms with Crippen LogP contribution in [0.15, 0.2) is 21.9 Å². The van der Waals surface area contributed by atoms with Crippen LogP contribution in [0.25, 0.3) is 0 Å². The molecule has 2 rings (SSSR count). The first-order valence-corrected chi connectivity index (χ1v) is 17.5. The zero-order chi connectivity index (χ0) is 25.6. The molecule has 4 atom stereocenters. The van der Waals surface area contributed by atoms with Gasteiger partial charge in [0.2, 0.25) is 0 Å². The van der Waals surface area contributed by atoms with Crippen molar-refractivity contribution in [1.29, 1.82) is 0 Å². The lowest BCUT2D eigenvalue weighted by molar-refractivity contribution is -0.173. The Labute approximate surface area is 199 Å². The Morgan fingerprint density at radius 3 is 2.15 bits per heavy atom. The molecule has 0 spiro atoms. The molecule has 0 aromatic carbocycles. The lowest BCUT2D eigenvalue weighted by atomic mass is 9.92. The molecule has 1 aliphatic rings. The molecular formula is C23H44N2O6Si2. The molecule has 8 nitrogen and oxygen atoms in total. The van der Waals surface area contributed by atoms with Crippen molar-refractivity contribution in [3.05, 3.63) is 33.1 Å². The fraction of sp³-hybridized carbons (Fsp3) is 0.826. The molecule has 10 heteroatoms. The van der Waals surface area contributed by atoms with Gasteiger partial charge in [0.1, 0.15) is 11.8 Å². The molecule has 1 fully saturated rings. The number of nitrogens with one attached hydrogen (secondary N) is 1. The molecule has 1 aliphatic heterocycles. The number of aliphatic hydroxyl groups is 1. The summed E-state index contributed by atoms with van der Waals surface area (Å²) in [6.45, 7) is 23.5. The minimum atomic E-state index is -2.25. The number of aromatic nitrogens is 2. The predicted octanol–water partition coefficient (Wildman–Crippen LogP) is 3.99. The number of hydrogen-bond acceptors (Lipinski definition) is 6. The van der Waals surface area contributed by atoms with Crippen LogP contribution in [0.1, 0.15) is 61.1 Å². The van der Waals surface area contributed by atoms with E-state index < -0.39 is 51.9 Å². The molecule has 2 heterocycles. The van der Waals surface area contributed by atoms with Crippen molar-refractivity contribution < 1.29 is 18.7 Å². The van der Waals surface area contributed by atoms with E-state index in [4.69, 9.17) is 13.6 Å². The maximum absolute atomic E-state index is 12.5. The number of hydrogen-bond donors (Lipinski definition) is 2. The van der Waals surface area contributed by atoms with Crippen molar-refractivity contribution in [1.82, 2.24) is 9.55 Å². The van der Waals surface area contributed by atoms with Crippen molar-refractivity contribution in [3.8, 4) is 0 Å². The van der Waals surface area contributed by atoms with Crippen LogP contribution in [-0.2, 0) is 13.6 Å². The summed E-state index contributed by atoms with van der Waals surface area (Å²) in [6, 6.07) is 1.29. The predicted molar refractivity (Wildman–Crippen MR) is 136 cm³/mol. The second-order valence-electron chi connectivity index (χ2n) is 12.4. The molecule has 0 aliphatic carbocycles. The Kier molecular flexibility index (Phi) is 7.86. The van der Waals surface area contributed by atoms with E-state index in [-0.39, 0.29) is 16.7 Å². The maximum Gasteiger partial charge on any atom is 0.330 e. The monoisotopic (exact) mass is 500 g/mol. The van der Waals surface area contributed by atoms with E-state index >= 15 is 0 Å². The summed E-state index contributed by atoms with van der Waals surface area (Å²) in [5.41, 5.74) is -2.16. The van der Waals surface area contributed by atoms with Crippen LogP contribution in [0.5, 0.6) is 0 Å². The minimum Gasteiger partial charge on any atom is -0.414 e. The Bertz CT molecular complexity index is 942. The first kappa shape index (κ1) is 28.2. The average molecular weight is 501 g/mol. The highest BCUT2D eigenvalue weighted by Crippen LogP contribution is 2.47. The van der Waals surface area contributed by atoms with Crippen molar-refractivity contribution in [2.75, 3.05) is 6.61 Å². The highest BCUT2D eigenvalue weighted by atomic mass is 28.4. The van der Waals surface area contributed by atoms with Crippen LogP contribution in [0, 0.1) is 0 Å². The molecule has 0 amide bonds. The van der Waals surface area contributed by atoms with Crippen LogP contribution in [0.2, 0.25) is 36.3 Å². The third-order valence-corrected chi connectivity index (χ3v) is 16.9. The zero-order valence-corrected chi connectivity index (χ0v) is 24.2. The largest absolute Gasteiger partial charge is 0.414 e. The topological polar surface area (TPSA) is 103 Å². The van der Waals surface area contributed by atoms with Crippen LogP contribution < -0.4 is 11.2 Å². The fourth-order valence-corrected chi connectivity index (χ4v) is 5.77. The standard InChI is InChI=1S/C23H44N2O6Si2/c1-16(26)23(15-29-32(8,9)21(2,3)4)17(31-33(10,11)22(5,6)7)14-19(30-23)25-13-12-18(27)24-20(25)28/h12-13,16-17,19,26H,14-15H2,1-11H3,(H,24,27,28)/t16?,17-,19+,23-/m0/s1. The van der Waals surface area contributed by atoms with Crippen molar-refractivity contribution in [2.45, 2.75) is 115 Å². The van der Waals surface area contributed by atoms with Gasteiger partial charge in [-0.2, -0.15) is 0 Å². The number of aliphatic hydroxyl groups excluding tert-OH is 1. The molecule has 33 heavy (non-hydrogen) atoms. The molecule has 190 valence electrons. The van der Waals surface area contributed by atoms with Gasteiger partial charge in [0.05, 0.1) is 18.8 Å². The van der Waals surface area contributed by atoms with Gasteiger partial charge in [-0.15, -0.1) is 0 Å². The van der Waals surface area contributed by atoms with Gasteiger partial charge in [-0.25, -0.2) is 4.79 Å². The lowest BCUT2D eigenvalue weighted by Crippen LogP contribution is -2.59. The molecule has 1 saturated heterocycles. The number of H-pyrrole nitrogens is 1. The van der Waals surface area contributed by atoms with E-state index in [0.717, 1.165) is 0 Å². The second-order valence-corrected chi connectivity index (χ2v) is 21.9. The number of aromatic amines is 1. The second kappa shape index (κ2) is 9.20. The summed E-state index contributed by atoms with van der Waals surface area (Å²) in [4.78, 5) is 26.4. The molecule has 1 aromatic rings. The Morgan fingerprint density at radius 1 is 1.15 bits per heavy atom. The molecule has 0 radical (unpaired) electrons. The van der Waals surface area contributed by atoms with Gasteiger partial charge in [0, 0.05) is 18.7 Å². The summed E-state index contributed by atoms with van der Waals surface area (Å²) >= 11 is 0. The molecule has 2 N–H and O–H groups in total. The van der Waals surface area contributed by atoms with Gasteiger partial charge in [0.25, 0.3) is 5.56 Å². The third-order valence-electron chi connectivity index (χ3n) is 7.89. The summed E-state index contributed by atoms with van der Waals surface area (Å²) in [5, 5.41) is 11.0. The molecular weight excluding hydrogens is 456 g/mol.